The molecule has 3 aromatic carbocycles. The van der Waals surface area contributed by atoms with Crippen LogP contribution in [0, 0.1) is 0 Å². The first kappa shape index (κ1) is 23.6. The van der Waals surface area contributed by atoms with E-state index in [-0.39, 0.29) is 27.8 Å². The Labute approximate surface area is 212 Å². The maximum atomic E-state index is 12.9. The molecule has 0 aliphatic carbocycles. The van der Waals surface area contributed by atoms with E-state index in [9.17, 15) is 14.4 Å². The number of benzene rings is 3. The summed E-state index contributed by atoms with van der Waals surface area (Å²) < 4.78 is 6.27. The normalized spacial score (nSPS) is 14.8. The molecule has 0 aromatic heterocycles. The van der Waals surface area contributed by atoms with Crippen LogP contribution in [0.4, 0.5) is 4.79 Å². The molecule has 5 nitrogen and oxygen atoms in total. The Morgan fingerprint density at radius 3 is 2.58 bits per heavy atom. The molecule has 0 unspecified atom stereocenters. The van der Waals surface area contributed by atoms with Gasteiger partial charge < -0.3 is 4.74 Å². The van der Waals surface area contributed by atoms with Gasteiger partial charge >= 0.3 is 5.97 Å². The van der Waals surface area contributed by atoms with Gasteiger partial charge in [-0.05, 0) is 65.9 Å². The smallest absolute Gasteiger partial charge is 0.345 e. The van der Waals surface area contributed by atoms with E-state index in [2.05, 4.69) is 15.9 Å². The Bertz CT molecular complexity index is 1310. The van der Waals surface area contributed by atoms with Crippen molar-refractivity contribution in [2.45, 2.75) is 6.54 Å². The van der Waals surface area contributed by atoms with Crippen molar-refractivity contribution in [2.24, 2.45) is 0 Å². The van der Waals surface area contributed by atoms with E-state index in [1.54, 1.807) is 66.7 Å². The average molecular weight is 563 g/mol. The van der Waals surface area contributed by atoms with Gasteiger partial charge in [-0.1, -0.05) is 63.4 Å². The highest BCUT2D eigenvalue weighted by Gasteiger charge is 2.35. The lowest BCUT2D eigenvalue weighted by Gasteiger charge is -2.12. The Morgan fingerprint density at radius 2 is 1.82 bits per heavy atom. The van der Waals surface area contributed by atoms with E-state index in [1.165, 1.54) is 6.08 Å². The maximum Gasteiger partial charge on any atom is 0.345 e. The Hall–Kier alpha value is -2.58. The molecule has 1 saturated heterocycles. The number of halogens is 3. The zero-order chi connectivity index (χ0) is 23.5. The van der Waals surface area contributed by atoms with Crippen molar-refractivity contribution >= 4 is 74.1 Å². The lowest BCUT2D eigenvalue weighted by atomic mass is 10.1. The quantitative estimate of drug-likeness (QED) is 0.187. The van der Waals surface area contributed by atoms with Crippen molar-refractivity contribution in [1.29, 1.82) is 0 Å². The molecule has 0 spiro atoms. The molecule has 0 bridgehead atoms. The maximum absolute atomic E-state index is 12.9. The molecule has 4 rings (SSSR count). The van der Waals surface area contributed by atoms with Gasteiger partial charge in [0.1, 0.15) is 5.75 Å². The minimum Gasteiger partial charge on any atom is -0.422 e. The first-order valence-electron chi connectivity index (χ1n) is 9.58. The molecule has 9 heteroatoms. The first-order chi connectivity index (χ1) is 15.8. The standard InChI is InChI=1S/C24H14BrCl2NO4S/c25-16-8-9-20(32-23(30)18-6-1-2-7-19(18)27)15(11-16)12-21-22(29)28(24(31)33-21)13-14-4-3-5-17(26)10-14/h1-12H,13H2/b21-12-. The number of esters is 1. The Kier molecular flexibility index (Phi) is 7.24. The van der Waals surface area contributed by atoms with E-state index in [0.717, 1.165) is 22.2 Å². The molecule has 0 N–H and O–H groups in total. The van der Waals surface area contributed by atoms with Gasteiger partial charge in [0.2, 0.25) is 0 Å². The highest BCUT2D eigenvalue weighted by molar-refractivity contribution is 9.10. The molecule has 1 aliphatic rings. The van der Waals surface area contributed by atoms with Gasteiger partial charge in [0, 0.05) is 15.1 Å². The number of carbonyl (C=O) groups is 3. The summed E-state index contributed by atoms with van der Waals surface area (Å²) in [6, 6.07) is 18.5. The molecule has 0 radical (unpaired) electrons. The van der Waals surface area contributed by atoms with E-state index < -0.39 is 17.1 Å². The number of amides is 2. The molecular formula is C24H14BrCl2NO4S. The third-order valence-corrected chi connectivity index (χ3v) is 6.62. The van der Waals surface area contributed by atoms with Crippen molar-refractivity contribution in [1.82, 2.24) is 4.90 Å². The topological polar surface area (TPSA) is 63.7 Å². The molecule has 2 amide bonds. The third kappa shape index (κ3) is 5.50. The number of carbonyl (C=O) groups excluding carboxylic acids is 3. The molecule has 1 aliphatic heterocycles. The lowest BCUT2D eigenvalue weighted by molar-refractivity contribution is -0.123. The van der Waals surface area contributed by atoms with Gasteiger partial charge in [0.05, 0.1) is 22.0 Å². The minimum atomic E-state index is -0.633. The average Bonchev–Trinajstić information content (AvgIpc) is 3.03. The molecule has 1 heterocycles. The number of ether oxygens (including phenoxy) is 1. The van der Waals surface area contributed by atoms with Gasteiger partial charge in [0.15, 0.2) is 0 Å². The van der Waals surface area contributed by atoms with E-state index in [1.807, 2.05) is 0 Å². The highest BCUT2D eigenvalue weighted by atomic mass is 79.9. The second kappa shape index (κ2) is 10.1. The van der Waals surface area contributed by atoms with Crippen LogP contribution in [0.5, 0.6) is 5.75 Å². The Morgan fingerprint density at radius 1 is 1.03 bits per heavy atom. The van der Waals surface area contributed by atoms with E-state index in [0.29, 0.717) is 15.1 Å². The predicted molar refractivity (Wildman–Crippen MR) is 134 cm³/mol. The largest absolute Gasteiger partial charge is 0.422 e. The number of rotatable bonds is 5. The van der Waals surface area contributed by atoms with Crippen molar-refractivity contribution in [3.63, 3.8) is 0 Å². The summed E-state index contributed by atoms with van der Waals surface area (Å²) in [6.07, 6.45) is 1.53. The van der Waals surface area contributed by atoms with Crippen LogP contribution in [0.2, 0.25) is 10.0 Å². The summed E-state index contributed by atoms with van der Waals surface area (Å²) in [5.74, 6) is -0.843. The number of thioether (sulfide) groups is 1. The van der Waals surface area contributed by atoms with Crippen molar-refractivity contribution in [2.75, 3.05) is 0 Å². The minimum absolute atomic E-state index is 0.107. The summed E-state index contributed by atoms with van der Waals surface area (Å²) >= 11 is 16.3. The third-order valence-electron chi connectivity index (χ3n) is 4.66. The van der Waals surface area contributed by atoms with Crippen molar-refractivity contribution in [3.8, 4) is 5.75 Å². The fourth-order valence-corrected chi connectivity index (χ4v) is 4.74. The van der Waals surface area contributed by atoms with Crippen LogP contribution >= 0.6 is 50.9 Å². The molecule has 33 heavy (non-hydrogen) atoms. The van der Waals surface area contributed by atoms with Crippen LogP contribution in [0.15, 0.2) is 76.1 Å². The molecule has 1 fully saturated rings. The summed E-state index contributed by atoms with van der Waals surface area (Å²) in [5.41, 5.74) is 1.41. The Balaban J connectivity index is 1.60. The molecule has 166 valence electrons. The van der Waals surface area contributed by atoms with Crippen LogP contribution in [0.3, 0.4) is 0 Å². The second-order valence-electron chi connectivity index (χ2n) is 6.95. The highest BCUT2D eigenvalue weighted by Crippen LogP contribution is 2.36. The zero-order valence-electron chi connectivity index (χ0n) is 16.8. The number of hydrogen-bond acceptors (Lipinski definition) is 5. The fourth-order valence-electron chi connectivity index (χ4n) is 3.10. The van der Waals surface area contributed by atoms with Crippen molar-refractivity contribution in [3.05, 3.63) is 103 Å². The fraction of sp³-hybridized carbons (Fsp3) is 0.0417. The number of imide groups is 1. The van der Waals surface area contributed by atoms with Crippen LogP contribution in [-0.2, 0) is 11.3 Å². The summed E-state index contributed by atoms with van der Waals surface area (Å²) in [7, 11) is 0. The van der Waals surface area contributed by atoms with E-state index >= 15 is 0 Å². The van der Waals surface area contributed by atoms with Crippen molar-refractivity contribution < 1.29 is 19.1 Å². The van der Waals surface area contributed by atoms with Crippen LogP contribution < -0.4 is 4.74 Å². The monoisotopic (exact) mass is 561 g/mol. The molecule has 0 atom stereocenters. The second-order valence-corrected chi connectivity index (χ2v) is 9.70. The van der Waals surface area contributed by atoms with Crippen LogP contribution in [0.25, 0.3) is 6.08 Å². The zero-order valence-corrected chi connectivity index (χ0v) is 20.7. The van der Waals surface area contributed by atoms with Crippen LogP contribution in [0.1, 0.15) is 21.5 Å². The lowest BCUT2D eigenvalue weighted by Crippen LogP contribution is -2.27. The van der Waals surface area contributed by atoms with E-state index in [4.69, 9.17) is 27.9 Å². The number of hydrogen-bond donors (Lipinski definition) is 0. The van der Waals surface area contributed by atoms with Crippen LogP contribution in [-0.4, -0.2) is 22.0 Å². The van der Waals surface area contributed by atoms with Gasteiger partial charge in [-0.2, -0.15) is 0 Å². The predicted octanol–water partition coefficient (Wildman–Crippen LogP) is 7.21. The number of nitrogens with zero attached hydrogens (tertiary/aromatic N) is 1. The summed E-state index contributed by atoms with van der Waals surface area (Å²) in [4.78, 5) is 39.4. The SMILES string of the molecule is O=C(Oc1ccc(Br)cc1/C=C1\SC(=O)N(Cc2cccc(Cl)c2)C1=O)c1ccccc1Cl. The summed E-state index contributed by atoms with van der Waals surface area (Å²) in [5, 5.41) is 0.397. The molecule has 0 saturated carbocycles. The molecular weight excluding hydrogens is 549 g/mol. The van der Waals surface area contributed by atoms with Gasteiger partial charge in [-0.15, -0.1) is 0 Å². The molecule has 3 aromatic rings. The first-order valence-corrected chi connectivity index (χ1v) is 11.9. The van der Waals surface area contributed by atoms with Gasteiger partial charge in [-0.3, -0.25) is 14.5 Å². The van der Waals surface area contributed by atoms with Gasteiger partial charge in [0.25, 0.3) is 11.1 Å². The summed E-state index contributed by atoms with van der Waals surface area (Å²) in [6.45, 7) is 0.107. The van der Waals surface area contributed by atoms with Gasteiger partial charge in [-0.25, -0.2) is 4.79 Å².